The van der Waals surface area contributed by atoms with Crippen LogP contribution >= 0.6 is 11.8 Å². The molecule has 0 atom stereocenters. The standard InChI is InChI=1S/C18H17N5O3S/c1-26-17(25)13-4-3-5-14(16(13)23-18(27-2)21-11-19)22-15(24)10-12-6-8-20-9-7-12/h3-9H,10H2,1-2H3,(H,21,23)(H,22,24). The average Bonchev–Trinajstić information content (AvgIpc) is 2.68. The number of thioether (sulfide) groups is 1. The first-order valence-corrected chi connectivity index (χ1v) is 8.99. The van der Waals surface area contributed by atoms with Crippen molar-refractivity contribution in [3.05, 3.63) is 53.9 Å². The molecular formula is C18H17N5O3S. The zero-order valence-electron chi connectivity index (χ0n) is 14.7. The van der Waals surface area contributed by atoms with E-state index in [2.05, 4.69) is 20.6 Å². The summed E-state index contributed by atoms with van der Waals surface area (Å²) in [4.78, 5) is 32.7. The van der Waals surface area contributed by atoms with Gasteiger partial charge in [-0.3, -0.25) is 15.1 Å². The minimum atomic E-state index is -0.601. The molecule has 2 N–H and O–H groups in total. The van der Waals surface area contributed by atoms with Gasteiger partial charge in [0.1, 0.15) is 5.69 Å². The molecule has 9 heteroatoms. The van der Waals surface area contributed by atoms with E-state index in [0.29, 0.717) is 5.69 Å². The highest BCUT2D eigenvalue weighted by molar-refractivity contribution is 8.13. The maximum atomic E-state index is 12.4. The Morgan fingerprint density at radius 1 is 1.30 bits per heavy atom. The third-order valence-electron chi connectivity index (χ3n) is 3.40. The van der Waals surface area contributed by atoms with Crippen LogP contribution in [0.25, 0.3) is 0 Å². The van der Waals surface area contributed by atoms with Crippen molar-refractivity contribution in [3.63, 3.8) is 0 Å². The van der Waals surface area contributed by atoms with Crippen LogP contribution in [0.15, 0.2) is 47.7 Å². The van der Waals surface area contributed by atoms with Crippen LogP contribution < -0.4 is 10.6 Å². The lowest BCUT2D eigenvalue weighted by Gasteiger charge is -2.12. The summed E-state index contributed by atoms with van der Waals surface area (Å²) in [5.41, 5.74) is 1.51. The second-order valence-corrected chi connectivity index (χ2v) is 5.93. The van der Waals surface area contributed by atoms with Crippen molar-refractivity contribution >= 4 is 40.2 Å². The molecule has 0 saturated carbocycles. The molecule has 2 aromatic rings. The fraction of sp³-hybridized carbons (Fsp3) is 0.167. The number of nitrogens with one attached hydrogen (secondary N) is 2. The molecule has 1 amide bonds. The number of aromatic nitrogens is 1. The number of para-hydroxylation sites is 1. The molecule has 0 bridgehead atoms. The number of anilines is 1. The van der Waals surface area contributed by atoms with E-state index in [1.165, 1.54) is 24.9 Å². The number of carbonyl (C=O) groups is 2. The van der Waals surface area contributed by atoms with Gasteiger partial charge in [-0.1, -0.05) is 17.8 Å². The van der Waals surface area contributed by atoms with Gasteiger partial charge in [0.2, 0.25) is 5.91 Å². The summed E-state index contributed by atoms with van der Waals surface area (Å²) in [6.07, 6.45) is 6.86. The van der Waals surface area contributed by atoms with E-state index in [1.54, 1.807) is 49.1 Å². The molecule has 0 aliphatic heterocycles. The Morgan fingerprint density at radius 3 is 2.67 bits per heavy atom. The number of rotatable bonds is 5. The number of hydrogen-bond donors (Lipinski definition) is 2. The largest absolute Gasteiger partial charge is 0.465 e. The Hall–Kier alpha value is -3.38. The van der Waals surface area contributed by atoms with Crippen molar-refractivity contribution in [2.75, 3.05) is 18.7 Å². The number of methoxy groups -OCH3 is 1. The van der Waals surface area contributed by atoms with Gasteiger partial charge in [0.15, 0.2) is 11.4 Å². The van der Waals surface area contributed by atoms with Gasteiger partial charge in [0.25, 0.3) is 0 Å². The van der Waals surface area contributed by atoms with Gasteiger partial charge in [-0.2, -0.15) is 5.26 Å². The van der Waals surface area contributed by atoms with Crippen molar-refractivity contribution in [1.29, 1.82) is 5.26 Å². The number of pyridine rings is 1. The Morgan fingerprint density at radius 2 is 2.04 bits per heavy atom. The maximum Gasteiger partial charge on any atom is 0.340 e. The van der Waals surface area contributed by atoms with Gasteiger partial charge in [0, 0.05) is 12.4 Å². The zero-order valence-corrected chi connectivity index (χ0v) is 15.5. The minimum absolute atomic E-state index is 0.139. The minimum Gasteiger partial charge on any atom is -0.465 e. The number of carbonyl (C=O) groups excluding carboxylic acids is 2. The number of hydrogen-bond acceptors (Lipinski definition) is 7. The third kappa shape index (κ3) is 5.55. The van der Waals surface area contributed by atoms with Gasteiger partial charge in [-0.15, -0.1) is 0 Å². The molecule has 2 rings (SSSR count). The zero-order chi connectivity index (χ0) is 19.6. The SMILES string of the molecule is COC(=O)c1cccc(NC(=O)Cc2ccncc2)c1N=C(NC#N)SC. The predicted molar refractivity (Wildman–Crippen MR) is 104 cm³/mol. The molecule has 138 valence electrons. The number of amidine groups is 1. The van der Waals surface area contributed by atoms with Crippen LogP contribution in [0, 0.1) is 11.5 Å². The summed E-state index contributed by atoms with van der Waals surface area (Å²) in [5.74, 6) is -0.880. The van der Waals surface area contributed by atoms with E-state index in [-0.39, 0.29) is 28.7 Å². The molecule has 0 radical (unpaired) electrons. The molecular weight excluding hydrogens is 366 g/mol. The van der Waals surface area contributed by atoms with Crippen LogP contribution in [0.2, 0.25) is 0 Å². The maximum absolute atomic E-state index is 12.4. The number of nitrogens with zero attached hydrogens (tertiary/aromatic N) is 3. The average molecular weight is 383 g/mol. The molecule has 0 unspecified atom stereocenters. The summed E-state index contributed by atoms with van der Waals surface area (Å²) in [6.45, 7) is 0. The Balaban J connectivity index is 2.38. The molecule has 0 aliphatic rings. The van der Waals surface area contributed by atoms with Gasteiger partial charge >= 0.3 is 5.97 Å². The van der Waals surface area contributed by atoms with E-state index in [9.17, 15) is 9.59 Å². The number of ether oxygens (including phenoxy) is 1. The van der Waals surface area contributed by atoms with Crippen molar-refractivity contribution in [3.8, 4) is 6.19 Å². The highest BCUT2D eigenvalue weighted by Gasteiger charge is 2.17. The molecule has 1 aromatic carbocycles. The highest BCUT2D eigenvalue weighted by Crippen LogP contribution is 2.31. The second-order valence-electron chi connectivity index (χ2n) is 5.13. The number of nitriles is 1. The number of aliphatic imine (C=N–C) groups is 1. The lowest BCUT2D eigenvalue weighted by atomic mass is 10.1. The van der Waals surface area contributed by atoms with Crippen LogP contribution in [-0.2, 0) is 16.0 Å². The smallest absolute Gasteiger partial charge is 0.340 e. The number of benzene rings is 1. The first kappa shape index (κ1) is 19.9. The van der Waals surface area contributed by atoms with Gasteiger partial charge in [0.05, 0.1) is 24.8 Å². The summed E-state index contributed by atoms with van der Waals surface area (Å²) in [6, 6.07) is 8.26. The topological polar surface area (TPSA) is 116 Å². The first-order chi connectivity index (χ1) is 13.1. The van der Waals surface area contributed by atoms with E-state index in [0.717, 1.165) is 5.56 Å². The van der Waals surface area contributed by atoms with Crippen LogP contribution in [0.3, 0.4) is 0 Å². The van der Waals surface area contributed by atoms with Crippen LogP contribution in [0.1, 0.15) is 15.9 Å². The van der Waals surface area contributed by atoms with E-state index in [4.69, 9.17) is 10.00 Å². The van der Waals surface area contributed by atoms with Crippen molar-refractivity contribution in [1.82, 2.24) is 10.3 Å². The number of amides is 1. The predicted octanol–water partition coefficient (Wildman–Crippen LogP) is 2.47. The van der Waals surface area contributed by atoms with Crippen molar-refractivity contribution < 1.29 is 14.3 Å². The highest BCUT2D eigenvalue weighted by atomic mass is 32.2. The summed E-state index contributed by atoms with van der Waals surface area (Å²) in [5, 5.41) is 14.3. The Bertz CT molecular complexity index is 894. The Kier molecular flexibility index (Phi) is 7.34. The van der Waals surface area contributed by atoms with Crippen LogP contribution in [0.5, 0.6) is 0 Å². The first-order valence-electron chi connectivity index (χ1n) is 7.77. The fourth-order valence-corrected chi connectivity index (χ4v) is 2.52. The van der Waals surface area contributed by atoms with Crippen LogP contribution in [0.4, 0.5) is 11.4 Å². The monoisotopic (exact) mass is 383 g/mol. The van der Waals surface area contributed by atoms with E-state index in [1.807, 2.05) is 0 Å². The lowest BCUT2D eigenvalue weighted by molar-refractivity contribution is -0.115. The fourth-order valence-electron chi connectivity index (χ4n) is 2.19. The molecule has 0 spiro atoms. The summed E-state index contributed by atoms with van der Waals surface area (Å²) < 4.78 is 4.79. The Labute approximate surface area is 160 Å². The third-order valence-corrected chi connectivity index (χ3v) is 3.98. The normalized spacial score (nSPS) is 10.6. The van der Waals surface area contributed by atoms with Gasteiger partial charge in [-0.25, -0.2) is 9.79 Å². The quantitative estimate of drug-likeness (QED) is 0.268. The van der Waals surface area contributed by atoms with Gasteiger partial charge < -0.3 is 10.1 Å². The van der Waals surface area contributed by atoms with E-state index >= 15 is 0 Å². The molecule has 27 heavy (non-hydrogen) atoms. The summed E-state index contributed by atoms with van der Waals surface area (Å²) in [7, 11) is 1.26. The van der Waals surface area contributed by atoms with Crippen molar-refractivity contribution in [2.45, 2.75) is 6.42 Å². The number of esters is 1. The molecule has 0 aliphatic carbocycles. The molecule has 1 aromatic heterocycles. The lowest BCUT2D eigenvalue weighted by Crippen LogP contribution is -2.17. The summed E-state index contributed by atoms with van der Waals surface area (Å²) >= 11 is 1.19. The molecule has 1 heterocycles. The second kappa shape index (κ2) is 9.94. The van der Waals surface area contributed by atoms with Crippen LogP contribution in [-0.4, -0.2) is 35.4 Å². The molecule has 0 fully saturated rings. The van der Waals surface area contributed by atoms with Gasteiger partial charge in [-0.05, 0) is 36.1 Å². The molecule has 0 saturated heterocycles. The van der Waals surface area contributed by atoms with E-state index < -0.39 is 5.97 Å². The molecule has 8 nitrogen and oxygen atoms in total. The van der Waals surface area contributed by atoms with Crippen molar-refractivity contribution in [2.24, 2.45) is 4.99 Å².